The molecule has 7 heteroatoms. The Labute approximate surface area is 133 Å². The van der Waals surface area contributed by atoms with E-state index in [1.165, 1.54) is 0 Å². The zero-order chi connectivity index (χ0) is 14.7. The summed E-state index contributed by atoms with van der Waals surface area (Å²) in [7, 11) is 0. The molecule has 1 heterocycles. The van der Waals surface area contributed by atoms with Crippen LogP contribution in [0.25, 0.3) is 11.0 Å². The van der Waals surface area contributed by atoms with Gasteiger partial charge in [-0.15, -0.1) is 0 Å². The number of aromatic nitrogens is 2. The van der Waals surface area contributed by atoms with E-state index in [-0.39, 0.29) is 35.8 Å². The van der Waals surface area contributed by atoms with Gasteiger partial charge < -0.3 is 0 Å². The number of rotatable bonds is 3. The Morgan fingerprint density at radius 2 is 1.90 bits per heavy atom. The molecule has 3 rings (SSSR count). The van der Waals surface area contributed by atoms with Crippen molar-refractivity contribution in [1.82, 2.24) is 7.96 Å². The predicted octanol–water partition coefficient (Wildman–Crippen LogP) is 0.750. The van der Waals surface area contributed by atoms with Crippen LogP contribution in [0.1, 0.15) is 10.4 Å². The molecule has 0 saturated carbocycles. The van der Waals surface area contributed by atoms with Crippen molar-refractivity contribution in [2.24, 2.45) is 0 Å². The fourth-order valence-electron chi connectivity index (χ4n) is 1.79. The molecule has 0 atom stereocenters. The fraction of sp³-hybridized carbons (Fsp3) is 0. The van der Waals surface area contributed by atoms with Gasteiger partial charge in [0.05, 0.1) is 0 Å². The second kappa shape index (κ2) is 6.21. The summed E-state index contributed by atoms with van der Waals surface area (Å²) >= 11 is -0.259. The quantitative estimate of drug-likeness (QED) is 0.652. The second-order valence-electron chi connectivity index (χ2n) is 4.14. The van der Waals surface area contributed by atoms with E-state index in [0.717, 1.165) is 15.5 Å². The number of amides is 1. The molecular weight excluding hydrogens is 398 g/mol. The summed E-state index contributed by atoms with van der Waals surface area (Å²) in [5.74, 6) is -0.175. The Bertz CT molecular complexity index is 836. The monoisotopic (exact) mass is 408 g/mol. The standard InChI is InChI=1S/C14H8N4OSe2/c15-8-20-11-4-2-10(3-5-11)16-14(19)9-1-6-12-13(7-9)18-21-17-12/h1-7H,(H,16,19). The summed E-state index contributed by atoms with van der Waals surface area (Å²) in [6.07, 6.45) is 0. The van der Waals surface area contributed by atoms with Gasteiger partial charge in [-0.25, -0.2) is 0 Å². The molecule has 0 bridgehead atoms. The van der Waals surface area contributed by atoms with Crippen molar-refractivity contribution in [2.75, 3.05) is 5.32 Å². The molecule has 3 aromatic rings. The molecule has 1 amide bonds. The normalized spacial score (nSPS) is 10.2. The molecular formula is C14H8N4OSe2. The van der Waals surface area contributed by atoms with E-state index in [2.05, 4.69) is 18.2 Å². The van der Waals surface area contributed by atoms with Crippen LogP contribution in [0, 0.1) is 10.2 Å². The number of fused-ring (bicyclic) bond motifs is 1. The van der Waals surface area contributed by atoms with E-state index >= 15 is 0 Å². The van der Waals surface area contributed by atoms with Crippen LogP contribution in [-0.4, -0.2) is 43.8 Å². The molecule has 0 saturated heterocycles. The Morgan fingerprint density at radius 1 is 1.14 bits per heavy atom. The molecule has 21 heavy (non-hydrogen) atoms. The van der Waals surface area contributed by atoms with Crippen LogP contribution in [0.15, 0.2) is 42.5 Å². The van der Waals surface area contributed by atoms with E-state index in [1.54, 1.807) is 12.1 Å². The summed E-state index contributed by atoms with van der Waals surface area (Å²) in [6.45, 7) is 0. The first-order chi connectivity index (χ1) is 10.3. The molecule has 0 unspecified atom stereocenters. The molecule has 0 fully saturated rings. The van der Waals surface area contributed by atoms with Crippen LogP contribution in [0.3, 0.4) is 0 Å². The molecule has 0 spiro atoms. The van der Waals surface area contributed by atoms with E-state index in [4.69, 9.17) is 5.26 Å². The first kappa shape index (κ1) is 14.0. The number of anilines is 1. The third-order valence-electron chi connectivity index (χ3n) is 2.79. The van der Waals surface area contributed by atoms with Crippen LogP contribution in [0.5, 0.6) is 0 Å². The van der Waals surface area contributed by atoms with E-state index in [9.17, 15) is 4.79 Å². The van der Waals surface area contributed by atoms with Gasteiger partial charge in [0.2, 0.25) is 0 Å². The number of hydrogen-bond donors (Lipinski definition) is 1. The number of hydrogen-bond acceptors (Lipinski definition) is 4. The zero-order valence-corrected chi connectivity index (χ0v) is 14.0. The topological polar surface area (TPSA) is 78.7 Å². The van der Waals surface area contributed by atoms with Crippen LogP contribution < -0.4 is 9.78 Å². The van der Waals surface area contributed by atoms with E-state index in [1.807, 2.05) is 30.3 Å². The van der Waals surface area contributed by atoms with Crippen LogP contribution in [0.2, 0.25) is 0 Å². The second-order valence-corrected chi connectivity index (χ2v) is 7.05. The first-order valence-electron chi connectivity index (χ1n) is 5.96. The van der Waals surface area contributed by atoms with Crippen molar-refractivity contribution in [3.63, 3.8) is 0 Å². The molecule has 102 valence electrons. The average molecular weight is 406 g/mol. The Balaban J connectivity index is 1.77. The first-order valence-corrected chi connectivity index (χ1v) is 9.20. The molecule has 0 aliphatic heterocycles. The van der Waals surface area contributed by atoms with Crippen LogP contribution in [-0.2, 0) is 0 Å². The van der Waals surface area contributed by atoms with Gasteiger partial charge in [-0.3, -0.25) is 0 Å². The summed E-state index contributed by atoms with van der Waals surface area (Å²) in [4.78, 5) is 14.3. The molecule has 0 aliphatic carbocycles. The van der Waals surface area contributed by atoms with Crippen molar-refractivity contribution >= 4 is 57.0 Å². The van der Waals surface area contributed by atoms with Gasteiger partial charge in [-0.05, 0) is 0 Å². The number of nitriles is 1. The fourth-order valence-corrected chi connectivity index (χ4v) is 3.66. The maximum absolute atomic E-state index is 12.2. The van der Waals surface area contributed by atoms with Crippen molar-refractivity contribution in [3.05, 3.63) is 48.0 Å². The summed E-state index contributed by atoms with van der Waals surface area (Å²) in [6, 6.07) is 12.7. The number of nitrogens with one attached hydrogen (secondary N) is 1. The summed E-state index contributed by atoms with van der Waals surface area (Å²) in [5.41, 5.74) is 2.92. The van der Waals surface area contributed by atoms with Crippen molar-refractivity contribution in [3.8, 4) is 4.97 Å². The minimum atomic E-state index is -0.175. The SMILES string of the molecule is N#C[Se]c1ccc(NC(=O)c2ccc3n[se]nc3c2)cc1. The molecule has 1 aromatic heterocycles. The molecule has 5 nitrogen and oxygen atoms in total. The summed E-state index contributed by atoms with van der Waals surface area (Å²) in [5, 5.41) is 11.5. The van der Waals surface area contributed by atoms with Crippen molar-refractivity contribution in [2.45, 2.75) is 0 Å². The number of carbonyl (C=O) groups is 1. The maximum atomic E-state index is 12.2. The van der Waals surface area contributed by atoms with Gasteiger partial charge in [0.1, 0.15) is 0 Å². The Morgan fingerprint density at radius 3 is 2.67 bits per heavy atom. The van der Waals surface area contributed by atoms with Gasteiger partial charge in [0, 0.05) is 0 Å². The van der Waals surface area contributed by atoms with Crippen LogP contribution in [0.4, 0.5) is 5.69 Å². The average Bonchev–Trinajstić information content (AvgIpc) is 2.97. The third-order valence-corrected chi connectivity index (χ3v) is 5.22. The van der Waals surface area contributed by atoms with Crippen molar-refractivity contribution in [1.29, 1.82) is 5.26 Å². The number of nitrogens with zero attached hydrogens (tertiary/aromatic N) is 3. The third kappa shape index (κ3) is 3.21. The molecule has 1 N–H and O–H groups in total. The predicted molar refractivity (Wildman–Crippen MR) is 81.9 cm³/mol. The Kier molecular flexibility index (Phi) is 4.14. The van der Waals surface area contributed by atoms with Crippen LogP contribution >= 0.6 is 0 Å². The minimum absolute atomic E-state index is 0.0875. The van der Waals surface area contributed by atoms with E-state index in [0.29, 0.717) is 11.3 Å². The van der Waals surface area contributed by atoms with E-state index < -0.39 is 0 Å². The van der Waals surface area contributed by atoms with Gasteiger partial charge in [-0.1, -0.05) is 0 Å². The van der Waals surface area contributed by atoms with Crippen molar-refractivity contribution < 1.29 is 4.79 Å². The Hall–Kier alpha value is -1.96. The number of benzene rings is 2. The van der Waals surface area contributed by atoms with Gasteiger partial charge in [0.25, 0.3) is 0 Å². The zero-order valence-electron chi connectivity index (χ0n) is 10.6. The number of carbonyl (C=O) groups excluding carboxylic acids is 1. The molecule has 0 radical (unpaired) electrons. The van der Waals surface area contributed by atoms with Gasteiger partial charge >= 0.3 is 133 Å². The molecule has 0 aliphatic rings. The molecule has 2 aromatic carbocycles. The summed E-state index contributed by atoms with van der Waals surface area (Å²) < 4.78 is 9.51. The van der Waals surface area contributed by atoms with Gasteiger partial charge in [0.15, 0.2) is 0 Å². The van der Waals surface area contributed by atoms with Gasteiger partial charge in [-0.2, -0.15) is 0 Å².